The molecule has 0 aliphatic heterocycles. The molecule has 1 aromatic heterocycles. The molecule has 1 fully saturated rings. The van der Waals surface area contributed by atoms with Crippen molar-refractivity contribution in [1.82, 2.24) is 10.3 Å². The maximum absolute atomic E-state index is 12.3. The van der Waals surface area contributed by atoms with Crippen LogP contribution >= 0.6 is 11.6 Å². The molecule has 1 amide bonds. The van der Waals surface area contributed by atoms with Crippen molar-refractivity contribution in [3.8, 4) is 0 Å². The van der Waals surface area contributed by atoms with Crippen LogP contribution in [0.1, 0.15) is 56.3 Å². The normalized spacial score (nSPS) is 16.1. The number of amides is 1. The average Bonchev–Trinajstić information content (AvgIpc) is 2.43. The Kier molecular flexibility index (Phi) is 5.45. The highest BCUT2D eigenvalue weighted by molar-refractivity contribution is 6.29. The van der Waals surface area contributed by atoms with Gasteiger partial charge in [0, 0.05) is 18.7 Å². The number of anilines is 1. The van der Waals surface area contributed by atoms with Crippen LogP contribution < -0.4 is 10.6 Å². The summed E-state index contributed by atoms with van der Waals surface area (Å²) in [6.07, 6.45) is 5.81. The van der Waals surface area contributed by atoms with E-state index in [2.05, 4.69) is 29.5 Å². The van der Waals surface area contributed by atoms with Crippen LogP contribution in [0.25, 0.3) is 0 Å². The predicted octanol–water partition coefficient (Wildman–Crippen LogP) is 3.87. The Morgan fingerprint density at radius 2 is 2.14 bits per heavy atom. The number of carbonyl (C=O) groups is 1. The molecule has 0 saturated heterocycles. The Balaban J connectivity index is 1.99. The van der Waals surface area contributed by atoms with Gasteiger partial charge in [0.05, 0.1) is 0 Å². The number of nitrogens with one attached hydrogen (secondary N) is 2. The van der Waals surface area contributed by atoms with E-state index in [4.69, 9.17) is 11.6 Å². The van der Waals surface area contributed by atoms with E-state index in [0.717, 1.165) is 25.9 Å². The highest BCUT2D eigenvalue weighted by atomic mass is 35.5. The first-order valence-electron chi connectivity index (χ1n) is 7.78. The van der Waals surface area contributed by atoms with Crippen molar-refractivity contribution in [3.05, 3.63) is 22.8 Å². The molecule has 0 aromatic carbocycles. The minimum atomic E-state index is -0.0708. The van der Waals surface area contributed by atoms with Crippen molar-refractivity contribution in [2.24, 2.45) is 5.41 Å². The maximum Gasteiger partial charge on any atom is 0.251 e. The van der Waals surface area contributed by atoms with Gasteiger partial charge in [-0.25, -0.2) is 4.98 Å². The molecule has 0 spiro atoms. The first-order valence-corrected chi connectivity index (χ1v) is 8.16. The van der Waals surface area contributed by atoms with Gasteiger partial charge in [-0.15, -0.1) is 0 Å². The van der Waals surface area contributed by atoms with Crippen molar-refractivity contribution in [3.63, 3.8) is 0 Å². The zero-order valence-corrected chi connectivity index (χ0v) is 13.6. The van der Waals surface area contributed by atoms with Crippen LogP contribution in [-0.2, 0) is 0 Å². The molecule has 0 unspecified atom stereocenters. The van der Waals surface area contributed by atoms with E-state index in [0.29, 0.717) is 21.9 Å². The van der Waals surface area contributed by atoms with E-state index in [1.165, 1.54) is 19.3 Å². The van der Waals surface area contributed by atoms with Gasteiger partial charge in [-0.3, -0.25) is 4.79 Å². The number of nitrogens with zero attached hydrogens (tertiary/aromatic N) is 1. The second-order valence-electron chi connectivity index (χ2n) is 5.88. The van der Waals surface area contributed by atoms with Crippen LogP contribution in [-0.4, -0.2) is 24.0 Å². The second kappa shape index (κ2) is 7.12. The Bertz CT molecular complexity index is 495. The topological polar surface area (TPSA) is 54.0 Å². The van der Waals surface area contributed by atoms with Crippen LogP contribution in [0, 0.1) is 5.41 Å². The van der Waals surface area contributed by atoms with E-state index in [1.807, 2.05) is 0 Å². The smallest absolute Gasteiger partial charge is 0.251 e. The molecule has 21 heavy (non-hydrogen) atoms. The minimum Gasteiger partial charge on any atom is -0.370 e. The zero-order chi connectivity index (χ0) is 15.3. The number of hydrogen-bond donors (Lipinski definition) is 2. The molecule has 0 bridgehead atoms. The highest BCUT2D eigenvalue weighted by Gasteiger charge is 2.35. The number of rotatable bonds is 7. The van der Waals surface area contributed by atoms with Gasteiger partial charge in [0.15, 0.2) is 0 Å². The molecule has 1 heterocycles. The van der Waals surface area contributed by atoms with Gasteiger partial charge in [-0.05, 0) is 43.2 Å². The van der Waals surface area contributed by atoms with Crippen LogP contribution in [0.2, 0.25) is 5.15 Å². The molecule has 1 aliphatic rings. The summed E-state index contributed by atoms with van der Waals surface area (Å²) < 4.78 is 0. The monoisotopic (exact) mass is 309 g/mol. The molecule has 116 valence electrons. The predicted molar refractivity (Wildman–Crippen MR) is 86.9 cm³/mol. The summed E-state index contributed by atoms with van der Waals surface area (Å²) in [5.41, 5.74) is 0.884. The first-order chi connectivity index (χ1) is 10.1. The molecular weight excluding hydrogens is 286 g/mol. The summed E-state index contributed by atoms with van der Waals surface area (Å²) in [4.78, 5) is 16.5. The standard InChI is InChI=1S/C16H24ClN3O/c1-3-8-18-14-10-12(9-13(17)20-14)15(21)19-11-16(4-2)6-5-7-16/h9-10H,3-8,11H2,1-2H3,(H,18,20)(H,19,21). The number of pyridine rings is 1. The molecule has 1 aromatic rings. The lowest BCUT2D eigenvalue weighted by molar-refractivity contribution is 0.0850. The summed E-state index contributed by atoms with van der Waals surface area (Å²) in [6.45, 7) is 5.84. The van der Waals surface area contributed by atoms with Crippen LogP contribution in [0.3, 0.4) is 0 Å². The van der Waals surface area contributed by atoms with Crippen molar-refractivity contribution in [2.75, 3.05) is 18.4 Å². The molecule has 0 radical (unpaired) electrons. The summed E-state index contributed by atoms with van der Waals surface area (Å²) in [7, 11) is 0. The van der Waals surface area contributed by atoms with Crippen molar-refractivity contribution >= 4 is 23.3 Å². The third kappa shape index (κ3) is 4.10. The van der Waals surface area contributed by atoms with Crippen LogP contribution in [0.5, 0.6) is 0 Å². The summed E-state index contributed by atoms with van der Waals surface area (Å²) >= 11 is 6.00. The lowest BCUT2D eigenvalue weighted by Crippen LogP contribution is -2.41. The first kappa shape index (κ1) is 16.1. The lowest BCUT2D eigenvalue weighted by Gasteiger charge is -2.41. The molecule has 5 heteroatoms. The second-order valence-corrected chi connectivity index (χ2v) is 6.27. The summed E-state index contributed by atoms with van der Waals surface area (Å²) in [6, 6.07) is 3.38. The Morgan fingerprint density at radius 3 is 2.71 bits per heavy atom. The van der Waals surface area contributed by atoms with Crippen molar-refractivity contribution in [2.45, 2.75) is 46.0 Å². The van der Waals surface area contributed by atoms with Gasteiger partial charge in [0.2, 0.25) is 0 Å². The SMILES string of the molecule is CCCNc1cc(C(=O)NCC2(CC)CCC2)cc(Cl)n1. The Labute approximate surface area is 131 Å². The van der Waals surface area contributed by atoms with E-state index in [9.17, 15) is 4.79 Å². The third-order valence-corrected chi connectivity index (χ3v) is 4.59. The minimum absolute atomic E-state index is 0.0708. The van der Waals surface area contributed by atoms with Gasteiger partial charge in [0.25, 0.3) is 5.91 Å². The largest absolute Gasteiger partial charge is 0.370 e. The van der Waals surface area contributed by atoms with Crippen molar-refractivity contribution in [1.29, 1.82) is 0 Å². The lowest BCUT2D eigenvalue weighted by atomic mass is 9.67. The Hall–Kier alpha value is -1.29. The highest BCUT2D eigenvalue weighted by Crippen LogP contribution is 2.43. The molecular formula is C16H24ClN3O. The van der Waals surface area contributed by atoms with Gasteiger partial charge >= 0.3 is 0 Å². The van der Waals surface area contributed by atoms with E-state index in [-0.39, 0.29) is 5.91 Å². The average molecular weight is 310 g/mol. The fourth-order valence-corrected chi connectivity index (χ4v) is 2.88. The van der Waals surface area contributed by atoms with E-state index >= 15 is 0 Å². The molecule has 1 aliphatic carbocycles. The third-order valence-electron chi connectivity index (χ3n) is 4.40. The molecule has 2 N–H and O–H groups in total. The Morgan fingerprint density at radius 1 is 1.38 bits per heavy atom. The van der Waals surface area contributed by atoms with Gasteiger partial charge in [0.1, 0.15) is 11.0 Å². The number of aromatic nitrogens is 1. The summed E-state index contributed by atoms with van der Waals surface area (Å²) in [5, 5.41) is 6.55. The fourth-order valence-electron chi connectivity index (χ4n) is 2.67. The number of hydrogen-bond acceptors (Lipinski definition) is 3. The molecule has 0 atom stereocenters. The molecule has 1 saturated carbocycles. The molecule has 4 nitrogen and oxygen atoms in total. The van der Waals surface area contributed by atoms with E-state index in [1.54, 1.807) is 12.1 Å². The zero-order valence-electron chi connectivity index (χ0n) is 12.8. The van der Waals surface area contributed by atoms with Gasteiger partial charge in [-0.1, -0.05) is 31.9 Å². The van der Waals surface area contributed by atoms with Crippen LogP contribution in [0.15, 0.2) is 12.1 Å². The van der Waals surface area contributed by atoms with Crippen molar-refractivity contribution < 1.29 is 4.79 Å². The number of halogens is 1. The van der Waals surface area contributed by atoms with E-state index < -0.39 is 0 Å². The fraction of sp³-hybridized carbons (Fsp3) is 0.625. The summed E-state index contributed by atoms with van der Waals surface area (Å²) in [5.74, 6) is 0.585. The quantitative estimate of drug-likeness (QED) is 0.752. The van der Waals surface area contributed by atoms with Gasteiger partial charge < -0.3 is 10.6 Å². The number of carbonyl (C=O) groups excluding carboxylic acids is 1. The maximum atomic E-state index is 12.3. The van der Waals surface area contributed by atoms with Gasteiger partial charge in [-0.2, -0.15) is 0 Å². The molecule has 2 rings (SSSR count). The van der Waals surface area contributed by atoms with Crippen LogP contribution in [0.4, 0.5) is 5.82 Å².